The Hall–Kier alpha value is -1.86. The van der Waals surface area contributed by atoms with E-state index >= 15 is 0 Å². The number of hydrogen-bond acceptors (Lipinski definition) is 3. The van der Waals surface area contributed by atoms with Crippen LogP contribution in [0.25, 0.3) is 0 Å². The zero-order valence-electron chi connectivity index (χ0n) is 8.45. The number of rotatable bonds is 4. The minimum absolute atomic E-state index is 0.527. The van der Waals surface area contributed by atoms with Crippen molar-refractivity contribution in [3.05, 3.63) is 60.7 Å². The highest BCUT2D eigenvalue weighted by Crippen LogP contribution is 2.29. The molecule has 3 nitrogen and oxygen atoms in total. The molecular weight excluding hydrogens is 223 g/mol. The normalized spacial score (nSPS) is 9.50. The maximum absolute atomic E-state index is 11.5. The summed E-state index contributed by atoms with van der Waals surface area (Å²) in [4.78, 5) is 0. The van der Waals surface area contributed by atoms with Gasteiger partial charge in [0.1, 0.15) is 0 Å². The second-order valence-electron chi connectivity index (χ2n) is 3.03. The summed E-state index contributed by atoms with van der Waals surface area (Å²) in [6.07, 6.45) is 0. The van der Waals surface area contributed by atoms with E-state index < -0.39 is 8.25 Å². The Balaban J connectivity index is 1.95. The van der Waals surface area contributed by atoms with E-state index in [2.05, 4.69) is 0 Å². The van der Waals surface area contributed by atoms with Gasteiger partial charge in [-0.15, -0.1) is 0 Å². The lowest BCUT2D eigenvalue weighted by atomic mass is 10.3. The molecule has 16 heavy (non-hydrogen) atoms. The van der Waals surface area contributed by atoms with Crippen molar-refractivity contribution < 1.29 is 13.6 Å². The molecule has 2 rings (SSSR count). The number of para-hydroxylation sites is 2. The molecule has 0 atom stereocenters. The molecule has 0 N–H and O–H groups in total. The number of hydrogen-bond donors (Lipinski definition) is 0. The monoisotopic (exact) mass is 233 g/mol. The van der Waals surface area contributed by atoms with Crippen LogP contribution in [0.2, 0.25) is 0 Å². The van der Waals surface area contributed by atoms with Gasteiger partial charge in [0.25, 0.3) is 0 Å². The van der Waals surface area contributed by atoms with E-state index in [4.69, 9.17) is 9.05 Å². The molecule has 4 heteroatoms. The van der Waals surface area contributed by atoms with Gasteiger partial charge in [-0.25, -0.2) is 9.05 Å². The van der Waals surface area contributed by atoms with Crippen molar-refractivity contribution in [2.24, 2.45) is 0 Å². The molecule has 0 saturated carbocycles. The average molecular weight is 233 g/mol. The highest BCUT2D eigenvalue weighted by Gasteiger charge is 2.23. The molecular formula is C12H10O3P+. The van der Waals surface area contributed by atoms with Gasteiger partial charge in [-0.3, -0.25) is 0 Å². The van der Waals surface area contributed by atoms with Gasteiger partial charge in [-0.05, 0) is 24.3 Å². The molecule has 0 radical (unpaired) electrons. The molecule has 0 amide bonds. The SMILES string of the molecule is O=[P+](Oc1ccccc1)Oc1ccccc1. The molecule has 2 aromatic carbocycles. The van der Waals surface area contributed by atoms with Crippen LogP contribution >= 0.6 is 8.25 Å². The van der Waals surface area contributed by atoms with E-state index in [1.54, 1.807) is 48.5 Å². The van der Waals surface area contributed by atoms with E-state index in [-0.39, 0.29) is 0 Å². The Morgan fingerprint density at radius 1 is 0.688 bits per heavy atom. The third-order valence-electron chi connectivity index (χ3n) is 1.85. The van der Waals surface area contributed by atoms with Crippen LogP contribution in [0.4, 0.5) is 0 Å². The molecule has 0 fully saturated rings. The third kappa shape index (κ3) is 3.07. The largest absolute Gasteiger partial charge is 0.805 e. The minimum Gasteiger partial charge on any atom is -0.222 e. The van der Waals surface area contributed by atoms with Crippen LogP contribution in [0.5, 0.6) is 11.5 Å². The Bertz CT molecular complexity index is 413. The Morgan fingerprint density at radius 3 is 1.44 bits per heavy atom. The Morgan fingerprint density at radius 2 is 1.06 bits per heavy atom. The summed E-state index contributed by atoms with van der Waals surface area (Å²) in [5.41, 5.74) is 0. The smallest absolute Gasteiger partial charge is 0.222 e. The zero-order valence-corrected chi connectivity index (χ0v) is 9.34. The molecule has 0 saturated heterocycles. The van der Waals surface area contributed by atoms with Crippen molar-refractivity contribution in [1.82, 2.24) is 0 Å². The molecule has 0 heterocycles. The summed E-state index contributed by atoms with van der Waals surface area (Å²) in [7, 11) is -2.18. The summed E-state index contributed by atoms with van der Waals surface area (Å²) in [6.45, 7) is 0. The van der Waals surface area contributed by atoms with E-state index in [9.17, 15) is 4.57 Å². The lowest BCUT2D eigenvalue weighted by molar-refractivity contribution is 0.415. The second kappa shape index (κ2) is 5.29. The summed E-state index contributed by atoms with van der Waals surface area (Å²) < 4.78 is 21.7. The zero-order chi connectivity index (χ0) is 11.2. The Kier molecular flexibility index (Phi) is 3.52. The van der Waals surface area contributed by atoms with Gasteiger partial charge >= 0.3 is 8.25 Å². The van der Waals surface area contributed by atoms with Gasteiger partial charge in [0.15, 0.2) is 11.5 Å². The summed E-state index contributed by atoms with van der Waals surface area (Å²) in [6, 6.07) is 17.8. The van der Waals surface area contributed by atoms with Crippen molar-refractivity contribution in [2.45, 2.75) is 0 Å². The van der Waals surface area contributed by atoms with Gasteiger partial charge < -0.3 is 0 Å². The van der Waals surface area contributed by atoms with Crippen LogP contribution in [0.3, 0.4) is 0 Å². The molecule has 0 bridgehead atoms. The standard InChI is InChI=1S/C12H10O3P/c13-16(14-11-7-3-1-4-8-11)15-12-9-5-2-6-10-12/h1-10H/q+1. The van der Waals surface area contributed by atoms with Gasteiger partial charge in [0.2, 0.25) is 0 Å². The first-order chi connectivity index (χ1) is 7.84. The Labute approximate surface area is 94.6 Å². The van der Waals surface area contributed by atoms with Crippen LogP contribution < -0.4 is 9.05 Å². The molecule has 0 aliphatic carbocycles. The van der Waals surface area contributed by atoms with Crippen LogP contribution in [0.1, 0.15) is 0 Å². The van der Waals surface area contributed by atoms with E-state index in [1.807, 2.05) is 12.1 Å². The quantitative estimate of drug-likeness (QED) is 0.753. The first kappa shape index (κ1) is 10.7. The lowest BCUT2D eigenvalue weighted by Gasteiger charge is -1.92. The summed E-state index contributed by atoms with van der Waals surface area (Å²) >= 11 is 0. The molecule has 0 unspecified atom stereocenters. The topological polar surface area (TPSA) is 35.5 Å². The van der Waals surface area contributed by atoms with Gasteiger partial charge in [0.05, 0.1) is 0 Å². The van der Waals surface area contributed by atoms with Gasteiger partial charge in [-0.1, -0.05) is 36.4 Å². The predicted octanol–water partition coefficient (Wildman–Crippen LogP) is 3.80. The van der Waals surface area contributed by atoms with Crippen molar-refractivity contribution in [1.29, 1.82) is 0 Å². The average Bonchev–Trinajstić information content (AvgIpc) is 2.31. The maximum atomic E-state index is 11.5. The lowest BCUT2D eigenvalue weighted by Crippen LogP contribution is -1.87. The minimum atomic E-state index is -2.18. The number of benzene rings is 2. The van der Waals surface area contributed by atoms with Crippen LogP contribution in [-0.4, -0.2) is 0 Å². The second-order valence-corrected chi connectivity index (χ2v) is 3.84. The molecule has 0 spiro atoms. The molecule has 0 aliphatic heterocycles. The third-order valence-corrected chi connectivity index (χ3v) is 2.57. The van der Waals surface area contributed by atoms with Gasteiger partial charge in [0, 0.05) is 4.57 Å². The first-order valence-corrected chi connectivity index (χ1v) is 5.87. The highest BCUT2D eigenvalue weighted by atomic mass is 31.1. The first-order valence-electron chi connectivity index (χ1n) is 4.78. The van der Waals surface area contributed by atoms with Crippen molar-refractivity contribution in [3.8, 4) is 11.5 Å². The molecule has 2 aromatic rings. The van der Waals surface area contributed by atoms with E-state index in [1.165, 1.54) is 0 Å². The van der Waals surface area contributed by atoms with Crippen molar-refractivity contribution >= 4 is 8.25 Å². The fraction of sp³-hybridized carbons (Fsp3) is 0. The van der Waals surface area contributed by atoms with Crippen molar-refractivity contribution in [3.63, 3.8) is 0 Å². The fourth-order valence-corrected chi connectivity index (χ4v) is 1.78. The molecule has 80 valence electrons. The van der Waals surface area contributed by atoms with Crippen LogP contribution in [0.15, 0.2) is 60.7 Å². The van der Waals surface area contributed by atoms with Crippen LogP contribution in [0, 0.1) is 0 Å². The summed E-state index contributed by atoms with van der Waals surface area (Å²) in [5.74, 6) is 1.05. The van der Waals surface area contributed by atoms with E-state index in [0.29, 0.717) is 11.5 Å². The maximum Gasteiger partial charge on any atom is 0.805 e. The van der Waals surface area contributed by atoms with E-state index in [0.717, 1.165) is 0 Å². The summed E-state index contributed by atoms with van der Waals surface area (Å²) in [5, 5.41) is 0. The predicted molar refractivity (Wildman–Crippen MR) is 61.7 cm³/mol. The fourth-order valence-electron chi connectivity index (χ4n) is 1.15. The van der Waals surface area contributed by atoms with Crippen molar-refractivity contribution in [2.75, 3.05) is 0 Å². The highest BCUT2D eigenvalue weighted by molar-refractivity contribution is 7.34. The van der Waals surface area contributed by atoms with Crippen LogP contribution in [-0.2, 0) is 4.57 Å². The molecule has 0 aromatic heterocycles. The molecule has 0 aliphatic rings. The van der Waals surface area contributed by atoms with Gasteiger partial charge in [-0.2, -0.15) is 0 Å².